The van der Waals surface area contributed by atoms with E-state index in [1.54, 1.807) is 0 Å². The van der Waals surface area contributed by atoms with E-state index in [9.17, 15) is 3.74 Å². The Labute approximate surface area is 118 Å². The van der Waals surface area contributed by atoms with E-state index in [2.05, 4.69) is 20.8 Å². The first-order chi connectivity index (χ1) is 8.68. The van der Waals surface area contributed by atoms with Crippen molar-refractivity contribution in [2.45, 2.75) is 101 Å². The van der Waals surface area contributed by atoms with Crippen molar-refractivity contribution in [3.05, 3.63) is 0 Å². The van der Waals surface area contributed by atoms with Crippen molar-refractivity contribution < 1.29 is 3.74 Å². The number of hydrogen-bond donors (Lipinski definition) is 0. The van der Waals surface area contributed by atoms with Crippen LogP contribution in [0.3, 0.4) is 0 Å². The van der Waals surface area contributed by atoms with Crippen molar-refractivity contribution in [2.75, 3.05) is 0 Å². The van der Waals surface area contributed by atoms with E-state index in [4.69, 9.17) is 0 Å². The molecule has 0 saturated heterocycles. The number of hydrogen-bond acceptors (Lipinski definition) is 1. The van der Waals surface area contributed by atoms with Gasteiger partial charge >= 0.3 is 118 Å². The molecule has 0 heterocycles. The van der Waals surface area contributed by atoms with E-state index in [1.807, 2.05) is 0 Å². The molecule has 0 amide bonds. The molecule has 0 aromatic heterocycles. The third-order valence-corrected chi connectivity index (χ3v) is 10.9. The minimum absolute atomic E-state index is 1.07. The molecular weight excluding hydrogens is 283 g/mol. The fourth-order valence-corrected chi connectivity index (χ4v) is 9.24. The summed E-state index contributed by atoms with van der Waals surface area (Å²) in [7, 11) is 0. The fourth-order valence-electron chi connectivity index (χ4n) is 2.41. The molecule has 0 unspecified atom stereocenters. The monoisotopic (exact) mass is 318 g/mol. The summed E-state index contributed by atoms with van der Waals surface area (Å²) in [6.45, 7) is 6.68. The summed E-state index contributed by atoms with van der Waals surface area (Å²) in [5, 5.41) is 3.23. The molecule has 0 bridgehead atoms. The Hall–Kier alpha value is 0.358. The van der Waals surface area contributed by atoms with Gasteiger partial charge in [-0.05, 0) is 0 Å². The van der Waals surface area contributed by atoms with Crippen molar-refractivity contribution in [3.8, 4) is 0 Å². The van der Waals surface area contributed by atoms with Gasteiger partial charge in [0.05, 0.1) is 0 Å². The molecule has 0 aromatic carbocycles. The predicted octanol–water partition coefficient (Wildman–Crippen LogP) is 6.32. The number of unbranched alkanes of at least 4 members (excludes halogenated alkanes) is 7. The summed E-state index contributed by atoms with van der Waals surface area (Å²) < 4.78 is 12.9. The third-order valence-electron chi connectivity index (χ3n) is 3.76. The molecule has 18 heavy (non-hydrogen) atoms. The average Bonchev–Trinajstić information content (AvgIpc) is 2.38. The van der Waals surface area contributed by atoms with Gasteiger partial charge in [-0.1, -0.05) is 0 Å². The van der Waals surface area contributed by atoms with Crippen LogP contribution in [0.4, 0.5) is 0 Å². The van der Waals surface area contributed by atoms with Crippen molar-refractivity contribution in [1.29, 1.82) is 0 Å². The van der Waals surface area contributed by atoms with Gasteiger partial charge in [-0.25, -0.2) is 0 Å². The molecule has 2 heteroatoms. The van der Waals surface area contributed by atoms with Crippen molar-refractivity contribution >= 4 is 13.5 Å². The van der Waals surface area contributed by atoms with Crippen LogP contribution in [0.5, 0.6) is 0 Å². The molecule has 0 atom stereocenters. The van der Waals surface area contributed by atoms with Gasteiger partial charge < -0.3 is 0 Å². The Morgan fingerprint density at radius 2 is 0.944 bits per heavy atom. The Bertz CT molecular complexity index is 201. The zero-order chi connectivity index (χ0) is 13.7. The van der Waals surface area contributed by atoms with Gasteiger partial charge in [-0.3, -0.25) is 0 Å². The molecule has 0 N–H and O–H groups in total. The molecule has 0 rings (SSSR count). The SMILES string of the molecule is CCCCCCCC[As](=O)(CCCC)CCCC. The van der Waals surface area contributed by atoms with Crippen molar-refractivity contribution in [1.82, 2.24) is 0 Å². The van der Waals surface area contributed by atoms with Crippen LogP contribution in [0.15, 0.2) is 0 Å². The van der Waals surface area contributed by atoms with E-state index in [0.717, 1.165) is 15.6 Å². The minimum atomic E-state index is -2.47. The molecule has 0 aliphatic rings. The standard InChI is InChI=1S/C16H35AsO/c1-4-7-10-11-12-13-16-17(18,14-8-5-2)15-9-6-3/h4-16H2,1-3H3. The maximum absolute atomic E-state index is 12.9. The molecule has 0 aromatic rings. The van der Waals surface area contributed by atoms with Gasteiger partial charge in [0.15, 0.2) is 0 Å². The maximum atomic E-state index is 12.9. The first kappa shape index (κ1) is 18.4. The van der Waals surface area contributed by atoms with Crippen LogP contribution in [0, 0.1) is 0 Å². The Kier molecular flexibility index (Phi) is 12.6. The Balaban J connectivity index is 3.81. The third kappa shape index (κ3) is 10.3. The van der Waals surface area contributed by atoms with E-state index in [1.165, 1.54) is 64.2 Å². The van der Waals surface area contributed by atoms with Gasteiger partial charge in [0, 0.05) is 0 Å². The first-order valence-electron chi connectivity index (χ1n) is 8.25. The summed E-state index contributed by atoms with van der Waals surface area (Å²) in [6, 6.07) is 0. The zero-order valence-corrected chi connectivity index (χ0v) is 14.9. The van der Waals surface area contributed by atoms with Gasteiger partial charge in [0.2, 0.25) is 0 Å². The summed E-state index contributed by atoms with van der Waals surface area (Å²) in [6.07, 6.45) is 12.7. The molecule has 0 radical (unpaired) electrons. The normalized spacial score (nSPS) is 11.9. The summed E-state index contributed by atoms with van der Waals surface area (Å²) in [5.41, 5.74) is 0. The molecule has 110 valence electrons. The molecule has 0 aliphatic heterocycles. The molecule has 1 nitrogen and oxygen atoms in total. The van der Waals surface area contributed by atoms with Crippen molar-refractivity contribution in [2.24, 2.45) is 0 Å². The first-order valence-corrected chi connectivity index (χ1v) is 13.0. The van der Waals surface area contributed by atoms with Crippen molar-refractivity contribution in [3.63, 3.8) is 0 Å². The summed E-state index contributed by atoms with van der Waals surface area (Å²) in [4.78, 5) is 0. The second-order valence-corrected chi connectivity index (χ2v) is 13.0. The molecular formula is C16H35AsO. The van der Waals surface area contributed by atoms with Gasteiger partial charge in [-0.2, -0.15) is 0 Å². The Morgan fingerprint density at radius 3 is 1.44 bits per heavy atom. The fraction of sp³-hybridized carbons (Fsp3) is 1.00. The van der Waals surface area contributed by atoms with E-state index in [0.29, 0.717) is 0 Å². The predicted molar refractivity (Wildman–Crippen MR) is 84.1 cm³/mol. The number of rotatable bonds is 13. The van der Waals surface area contributed by atoms with Crippen LogP contribution in [0.2, 0.25) is 15.6 Å². The van der Waals surface area contributed by atoms with Crippen LogP contribution < -0.4 is 0 Å². The van der Waals surface area contributed by atoms with E-state index >= 15 is 0 Å². The second-order valence-electron chi connectivity index (χ2n) is 5.70. The molecule has 0 spiro atoms. The molecule has 0 aliphatic carbocycles. The van der Waals surface area contributed by atoms with Crippen LogP contribution in [0.1, 0.15) is 85.0 Å². The van der Waals surface area contributed by atoms with Crippen LogP contribution >= 0.6 is 0 Å². The van der Waals surface area contributed by atoms with Gasteiger partial charge in [0.1, 0.15) is 0 Å². The Morgan fingerprint density at radius 1 is 0.556 bits per heavy atom. The van der Waals surface area contributed by atoms with Crippen LogP contribution in [-0.4, -0.2) is 13.5 Å². The summed E-state index contributed by atoms with van der Waals surface area (Å²) in [5.74, 6) is 0. The topological polar surface area (TPSA) is 17.1 Å². The summed E-state index contributed by atoms with van der Waals surface area (Å²) >= 11 is -2.47. The second kappa shape index (κ2) is 12.4. The molecule has 0 saturated carbocycles. The van der Waals surface area contributed by atoms with Gasteiger partial charge in [-0.15, -0.1) is 0 Å². The van der Waals surface area contributed by atoms with Crippen LogP contribution in [0.25, 0.3) is 0 Å². The van der Waals surface area contributed by atoms with Crippen LogP contribution in [-0.2, 0) is 3.74 Å². The van der Waals surface area contributed by atoms with E-state index < -0.39 is 13.5 Å². The molecule has 0 fully saturated rings. The quantitative estimate of drug-likeness (QED) is 0.287. The zero-order valence-electron chi connectivity index (χ0n) is 13.0. The van der Waals surface area contributed by atoms with E-state index in [-0.39, 0.29) is 0 Å². The average molecular weight is 318 g/mol. The van der Waals surface area contributed by atoms with Gasteiger partial charge in [0.25, 0.3) is 0 Å².